The van der Waals surface area contributed by atoms with Gasteiger partial charge in [0.05, 0.1) is 38.4 Å². The van der Waals surface area contributed by atoms with Gasteiger partial charge in [0.2, 0.25) is 0 Å². The lowest BCUT2D eigenvalue weighted by Crippen LogP contribution is -2.26. The number of aromatic nitrogens is 1. The van der Waals surface area contributed by atoms with Crippen LogP contribution in [-0.4, -0.2) is 39.6 Å². The van der Waals surface area contributed by atoms with Gasteiger partial charge in [-0.2, -0.15) is 0 Å². The molecule has 198 valence electrons. The Balaban J connectivity index is 1.78. The Bertz CT molecular complexity index is 1950. The highest BCUT2D eigenvalue weighted by Gasteiger charge is 2.52. The van der Waals surface area contributed by atoms with E-state index in [1.807, 2.05) is 0 Å². The molecular formula is C28H30F3NO5. The van der Waals surface area contributed by atoms with Crippen LogP contribution >= 0.6 is 0 Å². The zero-order valence-electron chi connectivity index (χ0n) is 32.6. The van der Waals surface area contributed by atoms with Crippen molar-refractivity contribution in [3.05, 3.63) is 58.9 Å². The van der Waals surface area contributed by atoms with Gasteiger partial charge in [0, 0.05) is 32.5 Å². The third-order valence-electron chi connectivity index (χ3n) is 6.32. The Labute approximate surface area is 230 Å². The maximum Gasteiger partial charge on any atom is 0.586 e. The normalized spacial score (nSPS) is 27.7. The van der Waals surface area contributed by atoms with Crippen molar-refractivity contribution in [1.82, 2.24) is 4.57 Å². The van der Waals surface area contributed by atoms with Crippen LogP contribution in [0.15, 0.2) is 36.3 Å². The molecule has 0 bridgehead atoms. The number of carbonyl (C=O) groups excluding carboxylic acids is 1. The summed E-state index contributed by atoms with van der Waals surface area (Å²) in [6.07, 6.45) is -14.2. The van der Waals surface area contributed by atoms with E-state index in [9.17, 15) is 23.8 Å². The molecule has 1 aromatic heterocycles. The van der Waals surface area contributed by atoms with E-state index in [0.29, 0.717) is 0 Å². The van der Waals surface area contributed by atoms with Crippen LogP contribution in [0.1, 0.15) is 74.5 Å². The van der Waals surface area contributed by atoms with Crippen LogP contribution < -0.4 is 9.47 Å². The highest BCUT2D eigenvalue weighted by Crippen LogP contribution is 2.52. The summed E-state index contributed by atoms with van der Waals surface area (Å²) in [4.78, 5) is 14.2. The second kappa shape index (κ2) is 8.77. The molecule has 0 amide bonds. The van der Waals surface area contributed by atoms with Gasteiger partial charge in [0.1, 0.15) is 11.6 Å². The molecule has 2 N–H and O–H groups in total. The molecule has 0 radical (unpaired) electrons. The summed E-state index contributed by atoms with van der Waals surface area (Å²) in [7, 11) is 0. The van der Waals surface area contributed by atoms with Crippen molar-refractivity contribution < 1.29 is 55.5 Å². The number of nitrogens with zero attached hydrogens (tertiary/aromatic N) is 1. The summed E-state index contributed by atoms with van der Waals surface area (Å²) in [5.74, 6) is -5.49. The Morgan fingerprint density at radius 1 is 1.27 bits per heavy atom. The van der Waals surface area contributed by atoms with Crippen molar-refractivity contribution in [2.75, 3.05) is 6.61 Å². The van der Waals surface area contributed by atoms with Crippen molar-refractivity contribution in [2.24, 2.45) is 0 Å². The van der Waals surface area contributed by atoms with Gasteiger partial charge < -0.3 is 24.3 Å². The summed E-state index contributed by atoms with van der Waals surface area (Å²) in [6.45, 7) is -1.61. The molecule has 2 heterocycles. The summed E-state index contributed by atoms with van der Waals surface area (Å²) >= 11 is 0. The SMILES string of the molecule is [2H]c1c([2H])c(C2(C(=O)Cc3c(F)c([2H])c4c(c3[2H])c([2H])c(C(C)(CC)C([2H])([2H])[2H])n4C[C@@H](O)CO)C([2H])([2H])C2([2H])[2H])c([2H])c2c1OC(F)(F)O2. The predicted octanol–water partition coefficient (Wildman–Crippen LogP) is 4.99. The number of aliphatic hydroxyl groups is 2. The van der Waals surface area contributed by atoms with Crippen LogP contribution in [0.3, 0.4) is 0 Å². The summed E-state index contributed by atoms with van der Waals surface area (Å²) in [5, 5.41) is 19.3. The number of fused-ring (bicyclic) bond motifs is 2. The first-order chi connectivity index (χ1) is 22.7. The Kier molecular flexibility index (Phi) is 3.37. The molecule has 2 aliphatic rings. The number of ether oxygens (including phenoxy) is 2. The van der Waals surface area contributed by atoms with Gasteiger partial charge in [-0.15, -0.1) is 8.78 Å². The minimum absolute atomic E-state index is 0.160. The maximum atomic E-state index is 16.2. The average molecular weight is 531 g/mol. The largest absolute Gasteiger partial charge is 0.586 e. The van der Waals surface area contributed by atoms with Gasteiger partial charge in [-0.05, 0) is 60.5 Å². The zero-order valence-corrected chi connectivity index (χ0v) is 19.6. The number of carbonyl (C=O) groups is 1. The highest BCUT2D eigenvalue weighted by molar-refractivity contribution is 5.95. The lowest BCUT2D eigenvalue weighted by molar-refractivity contribution is -0.286. The summed E-state index contributed by atoms with van der Waals surface area (Å²) in [6, 6.07) is -6.46. The summed E-state index contributed by atoms with van der Waals surface area (Å²) < 4.78 is 163. The molecule has 0 spiro atoms. The van der Waals surface area contributed by atoms with Gasteiger partial charge in [0.25, 0.3) is 0 Å². The van der Waals surface area contributed by atoms with Gasteiger partial charge in [-0.25, -0.2) is 4.39 Å². The quantitative estimate of drug-likeness (QED) is 0.408. The number of Topliss-reactive ketones (excluding diaryl/α,β-unsaturated/α-hetero) is 1. The molecule has 5 rings (SSSR count). The van der Waals surface area contributed by atoms with E-state index in [0.717, 1.165) is 4.57 Å². The number of halogens is 3. The van der Waals surface area contributed by atoms with Crippen LogP contribution in [0.25, 0.3) is 10.9 Å². The molecule has 1 saturated carbocycles. The molecule has 1 fully saturated rings. The monoisotopic (exact) mass is 530 g/mol. The number of aliphatic hydroxyl groups excluding tert-OH is 2. The van der Waals surface area contributed by atoms with Crippen LogP contribution in [0.2, 0.25) is 0 Å². The average Bonchev–Trinajstić information content (AvgIpc) is 3.29. The molecule has 6 nitrogen and oxygen atoms in total. The Morgan fingerprint density at radius 2 is 2.00 bits per heavy atom. The molecule has 1 aliphatic carbocycles. The van der Waals surface area contributed by atoms with Crippen LogP contribution in [-0.2, 0) is 28.6 Å². The predicted molar refractivity (Wildman–Crippen MR) is 131 cm³/mol. The fourth-order valence-corrected chi connectivity index (χ4v) is 4.00. The van der Waals surface area contributed by atoms with Crippen molar-refractivity contribution >= 4 is 16.7 Å². The number of alkyl halides is 2. The number of ketones is 1. The van der Waals surface area contributed by atoms with Crippen molar-refractivity contribution in [3.63, 3.8) is 0 Å². The van der Waals surface area contributed by atoms with Crippen LogP contribution in [0.5, 0.6) is 11.5 Å². The van der Waals surface area contributed by atoms with Crippen LogP contribution in [0.4, 0.5) is 13.2 Å². The van der Waals surface area contributed by atoms with E-state index >= 15 is 4.39 Å². The van der Waals surface area contributed by atoms with Crippen LogP contribution in [0, 0.1) is 5.82 Å². The fraction of sp³-hybridized carbons (Fsp3) is 0.464. The number of benzene rings is 2. The molecule has 1 unspecified atom stereocenters. The van der Waals surface area contributed by atoms with E-state index in [1.165, 1.54) is 13.8 Å². The van der Waals surface area contributed by atoms with Crippen molar-refractivity contribution in [1.29, 1.82) is 0 Å². The first kappa shape index (κ1) is 14.2. The third-order valence-corrected chi connectivity index (χ3v) is 6.32. The first-order valence-corrected chi connectivity index (χ1v) is 11.3. The number of rotatable bonds is 9. The second-order valence-corrected chi connectivity index (χ2v) is 9.05. The smallest absolute Gasteiger partial charge is 0.395 e. The summed E-state index contributed by atoms with van der Waals surface area (Å²) in [5.41, 5.74) is -8.17. The molecule has 9 heteroatoms. The van der Waals surface area contributed by atoms with Crippen molar-refractivity contribution in [2.45, 2.75) is 76.1 Å². The van der Waals surface area contributed by atoms with E-state index in [-0.39, 0.29) is 12.1 Å². The van der Waals surface area contributed by atoms with E-state index < -0.39 is 144 Å². The van der Waals surface area contributed by atoms with Gasteiger partial charge in [0.15, 0.2) is 11.5 Å². The maximum absolute atomic E-state index is 16.2. The fourth-order valence-electron chi connectivity index (χ4n) is 4.00. The topological polar surface area (TPSA) is 80.9 Å². The van der Waals surface area contributed by atoms with E-state index in [4.69, 9.17) is 17.8 Å². The first-order valence-electron chi connectivity index (χ1n) is 17.8. The van der Waals surface area contributed by atoms with Gasteiger partial charge in [-0.1, -0.05) is 26.7 Å². The zero-order chi connectivity index (χ0) is 38.1. The lowest BCUT2D eigenvalue weighted by atomic mass is 9.86. The van der Waals surface area contributed by atoms with Crippen molar-refractivity contribution in [3.8, 4) is 11.5 Å². The van der Waals surface area contributed by atoms with Gasteiger partial charge in [-0.3, -0.25) is 4.79 Å². The molecule has 1 aliphatic heterocycles. The lowest BCUT2D eigenvalue weighted by Gasteiger charge is -2.26. The Morgan fingerprint density at radius 3 is 2.65 bits per heavy atom. The van der Waals surface area contributed by atoms with E-state index in [2.05, 4.69) is 9.47 Å². The Hall–Kier alpha value is -3.04. The number of hydrogen-bond donors (Lipinski definition) is 2. The molecule has 2 atom stereocenters. The minimum atomic E-state index is -4.43. The number of hydrogen-bond acceptors (Lipinski definition) is 5. The molecule has 0 saturated heterocycles. The van der Waals surface area contributed by atoms with Gasteiger partial charge >= 0.3 is 6.29 Å². The molecule has 37 heavy (non-hydrogen) atoms. The highest BCUT2D eigenvalue weighted by atomic mass is 19.3. The third kappa shape index (κ3) is 4.48. The second-order valence-electron chi connectivity index (χ2n) is 9.05. The standard InChI is InChI=1S/C28H30F3NO5/c1-4-26(2,3)24-10-17-9-16(20(29)13-21(17)32(24)14-19(34)15-33)11-25(35)27(7-8-27)18-5-6-22-23(12-18)37-28(30,31)36-22/h5-6,9-10,12-13,19,33-34H,4,7-8,11,14-15H2,1-3H3/t19-/m1/s1/i2D3,5D,6D,7D2,8D2,9D,10D,12D,13D/t19-,26?. The molecule has 2 aromatic carbocycles. The molecule has 3 aromatic rings. The van der Waals surface area contributed by atoms with E-state index in [1.54, 1.807) is 0 Å². The minimum Gasteiger partial charge on any atom is -0.395 e. The molecular weight excluding hydrogens is 487 g/mol.